The van der Waals surface area contributed by atoms with Crippen LogP contribution in [0.15, 0.2) is 42.5 Å². The summed E-state index contributed by atoms with van der Waals surface area (Å²) >= 11 is 0. The van der Waals surface area contributed by atoms with Gasteiger partial charge in [0.1, 0.15) is 5.75 Å². The molecule has 0 fully saturated rings. The summed E-state index contributed by atoms with van der Waals surface area (Å²) in [6.07, 6.45) is -9.76. The number of nitrogen functional groups attached to an aromatic ring is 1. The molecule has 2 N–H and O–H groups in total. The summed E-state index contributed by atoms with van der Waals surface area (Å²) in [5.41, 5.74) is 3.58. The van der Waals surface area contributed by atoms with Crippen LogP contribution in [0.25, 0.3) is 11.1 Å². The Morgan fingerprint density at radius 2 is 1.45 bits per heavy atom. The van der Waals surface area contributed by atoms with Gasteiger partial charge in [0.25, 0.3) is 0 Å². The SMILES string of the molecule is Nc1ccc(OC(F)(F)F)c(-c2ccccc2C(F)(F)F)c1. The van der Waals surface area contributed by atoms with Gasteiger partial charge in [-0.25, -0.2) is 0 Å². The van der Waals surface area contributed by atoms with E-state index in [9.17, 15) is 26.3 Å². The Balaban J connectivity index is 2.65. The number of rotatable bonds is 2. The van der Waals surface area contributed by atoms with Crippen LogP contribution in [0, 0.1) is 0 Å². The van der Waals surface area contributed by atoms with E-state index in [1.54, 1.807) is 0 Å². The number of nitrogens with two attached hydrogens (primary N) is 1. The van der Waals surface area contributed by atoms with Gasteiger partial charge in [0, 0.05) is 11.3 Å². The Bertz CT molecular complexity index is 678. The van der Waals surface area contributed by atoms with Gasteiger partial charge in [0.15, 0.2) is 0 Å². The summed E-state index contributed by atoms with van der Waals surface area (Å²) in [4.78, 5) is 0. The molecule has 118 valence electrons. The standard InChI is InChI=1S/C14H9F6NO/c15-13(16,17)11-4-2-1-3-9(11)10-7-8(21)5-6-12(10)22-14(18,19)20/h1-7H,21H2. The third-order valence-electron chi connectivity index (χ3n) is 2.75. The van der Waals surface area contributed by atoms with Gasteiger partial charge in [0.05, 0.1) is 5.56 Å². The van der Waals surface area contributed by atoms with E-state index in [0.717, 1.165) is 36.4 Å². The fraction of sp³-hybridized carbons (Fsp3) is 0.143. The maximum Gasteiger partial charge on any atom is 0.573 e. The number of anilines is 1. The zero-order chi connectivity index (χ0) is 16.5. The highest BCUT2D eigenvalue weighted by Gasteiger charge is 2.36. The normalized spacial score (nSPS) is 12.3. The van der Waals surface area contributed by atoms with Gasteiger partial charge in [-0.05, 0) is 29.8 Å². The van der Waals surface area contributed by atoms with Crippen molar-refractivity contribution in [2.75, 3.05) is 5.73 Å². The number of alkyl halides is 6. The lowest BCUT2D eigenvalue weighted by Crippen LogP contribution is -2.18. The molecule has 0 saturated carbocycles. The van der Waals surface area contributed by atoms with Crippen LogP contribution in [-0.4, -0.2) is 6.36 Å². The van der Waals surface area contributed by atoms with Crippen molar-refractivity contribution < 1.29 is 31.1 Å². The van der Waals surface area contributed by atoms with E-state index in [4.69, 9.17) is 5.73 Å². The van der Waals surface area contributed by atoms with Gasteiger partial charge in [0.2, 0.25) is 0 Å². The van der Waals surface area contributed by atoms with Gasteiger partial charge in [-0.1, -0.05) is 18.2 Å². The molecule has 2 aromatic carbocycles. The van der Waals surface area contributed by atoms with Crippen molar-refractivity contribution in [3.8, 4) is 16.9 Å². The minimum absolute atomic E-state index is 0.0153. The third-order valence-corrected chi connectivity index (χ3v) is 2.75. The second kappa shape index (κ2) is 5.43. The molecule has 0 amide bonds. The van der Waals surface area contributed by atoms with Crippen LogP contribution >= 0.6 is 0 Å². The predicted molar refractivity (Wildman–Crippen MR) is 68.0 cm³/mol. The van der Waals surface area contributed by atoms with E-state index in [1.165, 1.54) is 6.07 Å². The molecule has 0 radical (unpaired) electrons. The molecule has 0 saturated heterocycles. The van der Waals surface area contributed by atoms with Gasteiger partial charge in [-0.15, -0.1) is 13.2 Å². The molecular weight excluding hydrogens is 312 g/mol. The van der Waals surface area contributed by atoms with E-state index < -0.39 is 29.4 Å². The molecule has 2 nitrogen and oxygen atoms in total. The van der Waals surface area contributed by atoms with E-state index in [2.05, 4.69) is 4.74 Å². The Morgan fingerprint density at radius 3 is 2.05 bits per heavy atom. The van der Waals surface area contributed by atoms with Crippen molar-refractivity contribution in [2.24, 2.45) is 0 Å². The molecule has 22 heavy (non-hydrogen) atoms. The van der Waals surface area contributed by atoms with Crippen LogP contribution in [0.2, 0.25) is 0 Å². The fourth-order valence-corrected chi connectivity index (χ4v) is 1.94. The summed E-state index contributed by atoms with van der Waals surface area (Å²) in [7, 11) is 0. The quantitative estimate of drug-likeness (QED) is 0.634. The number of hydrogen-bond acceptors (Lipinski definition) is 2. The smallest absolute Gasteiger partial charge is 0.405 e. The summed E-state index contributed by atoms with van der Waals surface area (Å²) in [5.74, 6) is -0.751. The van der Waals surface area contributed by atoms with E-state index in [-0.39, 0.29) is 11.3 Å². The Labute approximate surface area is 121 Å². The van der Waals surface area contributed by atoms with Crippen molar-refractivity contribution in [3.05, 3.63) is 48.0 Å². The first-order valence-corrected chi connectivity index (χ1v) is 5.90. The minimum Gasteiger partial charge on any atom is -0.405 e. The lowest BCUT2D eigenvalue weighted by Gasteiger charge is -2.17. The van der Waals surface area contributed by atoms with Crippen LogP contribution < -0.4 is 10.5 Å². The molecule has 0 unspecified atom stereocenters. The number of benzene rings is 2. The number of ether oxygens (including phenoxy) is 1. The van der Waals surface area contributed by atoms with Crippen LogP contribution in [0.4, 0.5) is 32.0 Å². The van der Waals surface area contributed by atoms with Crippen LogP contribution in [0.1, 0.15) is 5.56 Å². The Hall–Kier alpha value is -2.38. The van der Waals surface area contributed by atoms with Crippen molar-refractivity contribution in [2.45, 2.75) is 12.5 Å². The molecular formula is C14H9F6NO. The summed E-state index contributed by atoms with van der Waals surface area (Å²) in [5, 5.41) is 0. The average molecular weight is 321 g/mol. The van der Waals surface area contributed by atoms with Gasteiger partial charge >= 0.3 is 12.5 Å². The van der Waals surface area contributed by atoms with E-state index in [1.807, 2.05) is 0 Å². The molecule has 2 rings (SSSR count). The van der Waals surface area contributed by atoms with Crippen LogP contribution in [0.5, 0.6) is 5.75 Å². The zero-order valence-electron chi connectivity index (χ0n) is 10.8. The first kappa shape index (κ1) is 16.0. The Kier molecular flexibility index (Phi) is 3.95. The highest BCUT2D eigenvalue weighted by atomic mass is 19.4. The van der Waals surface area contributed by atoms with Crippen molar-refractivity contribution in [1.82, 2.24) is 0 Å². The molecule has 8 heteroatoms. The number of hydrogen-bond donors (Lipinski definition) is 1. The Morgan fingerprint density at radius 1 is 0.818 bits per heavy atom. The molecule has 2 aromatic rings. The van der Waals surface area contributed by atoms with Gasteiger partial charge in [-0.2, -0.15) is 13.2 Å². The van der Waals surface area contributed by atoms with Crippen molar-refractivity contribution >= 4 is 5.69 Å². The summed E-state index contributed by atoms with van der Waals surface area (Å²) in [6.45, 7) is 0. The van der Waals surface area contributed by atoms with Crippen LogP contribution in [0.3, 0.4) is 0 Å². The number of halogens is 6. The maximum absolute atomic E-state index is 13.0. The molecule has 0 heterocycles. The summed E-state index contributed by atoms with van der Waals surface area (Å²) in [6, 6.07) is 7.25. The second-order valence-corrected chi connectivity index (χ2v) is 4.35. The fourth-order valence-electron chi connectivity index (χ4n) is 1.94. The van der Waals surface area contributed by atoms with Crippen molar-refractivity contribution in [1.29, 1.82) is 0 Å². The highest BCUT2D eigenvalue weighted by Crippen LogP contribution is 2.42. The predicted octanol–water partition coefficient (Wildman–Crippen LogP) is 4.85. The van der Waals surface area contributed by atoms with Gasteiger partial charge < -0.3 is 10.5 Å². The molecule has 0 aliphatic carbocycles. The lowest BCUT2D eigenvalue weighted by molar-refractivity contribution is -0.274. The molecule has 0 aromatic heterocycles. The highest BCUT2D eigenvalue weighted by molar-refractivity contribution is 5.76. The second-order valence-electron chi connectivity index (χ2n) is 4.35. The topological polar surface area (TPSA) is 35.2 Å². The maximum atomic E-state index is 13.0. The van der Waals surface area contributed by atoms with E-state index >= 15 is 0 Å². The minimum atomic E-state index is -5.03. The molecule has 0 aliphatic rings. The summed E-state index contributed by atoms with van der Waals surface area (Å²) < 4.78 is 80.0. The molecule has 0 bridgehead atoms. The van der Waals surface area contributed by atoms with Crippen LogP contribution in [-0.2, 0) is 6.18 Å². The first-order valence-electron chi connectivity index (χ1n) is 5.90. The third kappa shape index (κ3) is 3.63. The molecule has 0 spiro atoms. The largest absolute Gasteiger partial charge is 0.573 e. The molecule has 0 aliphatic heterocycles. The van der Waals surface area contributed by atoms with E-state index in [0.29, 0.717) is 0 Å². The molecule has 0 atom stereocenters. The lowest BCUT2D eigenvalue weighted by atomic mass is 9.98. The average Bonchev–Trinajstić information content (AvgIpc) is 2.38. The monoisotopic (exact) mass is 321 g/mol. The van der Waals surface area contributed by atoms with Crippen molar-refractivity contribution in [3.63, 3.8) is 0 Å². The zero-order valence-corrected chi connectivity index (χ0v) is 10.8. The van der Waals surface area contributed by atoms with Gasteiger partial charge in [-0.3, -0.25) is 0 Å². The first-order chi connectivity index (χ1) is 10.1.